The second-order valence-corrected chi connectivity index (χ2v) is 6.44. The number of amides is 1. The molecule has 0 bridgehead atoms. The Morgan fingerprint density at radius 3 is 2.70 bits per heavy atom. The maximum atomic E-state index is 12.2. The summed E-state index contributed by atoms with van der Waals surface area (Å²) in [5, 5.41) is 5.51. The van der Waals surface area contributed by atoms with Gasteiger partial charge in [-0.25, -0.2) is 5.06 Å². The van der Waals surface area contributed by atoms with E-state index in [4.69, 9.17) is 9.36 Å². The van der Waals surface area contributed by atoms with E-state index in [0.29, 0.717) is 13.0 Å². The standard InChI is InChI=1S/C17H19N3O3/c1-13-7-15(18-22-13)10-19-11-17(12-19)8-16(21)20(23-17)9-14-5-3-2-4-6-14/h2-7H,8-12H2,1H3. The number of hydroxylamine groups is 2. The van der Waals surface area contributed by atoms with Crippen LogP contribution in [-0.2, 0) is 22.7 Å². The van der Waals surface area contributed by atoms with Crippen LogP contribution in [0.2, 0.25) is 0 Å². The van der Waals surface area contributed by atoms with Gasteiger partial charge in [-0.3, -0.25) is 14.5 Å². The van der Waals surface area contributed by atoms with Crippen LogP contribution in [0.15, 0.2) is 40.9 Å². The van der Waals surface area contributed by atoms with Crippen molar-refractivity contribution in [2.75, 3.05) is 13.1 Å². The van der Waals surface area contributed by atoms with Gasteiger partial charge in [0.25, 0.3) is 0 Å². The van der Waals surface area contributed by atoms with Gasteiger partial charge in [-0.15, -0.1) is 0 Å². The fourth-order valence-corrected chi connectivity index (χ4v) is 3.32. The highest BCUT2D eigenvalue weighted by Crippen LogP contribution is 2.37. The van der Waals surface area contributed by atoms with Gasteiger partial charge in [-0.05, 0) is 12.5 Å². The van der Waals surface area contributed by atoms with E-state index in [1.165, 1.54) is 5.06 Å². The third-order valence-corrected chi connectivity index (χ3v) is 4.31. The average Bonchev–Trinajstić information content (AvgIpc) is 3.04. The van der Waals surface area contributed by atoms with E-state index in [2.05, 4.69) is 10.1 Å². The summed E-state index contributed by atoms with van der Waals surface area (Å²) in [7, 11) is 0. The van der Waals surface area contributed by atoms with Crippen molar-refractivity contribution >= 4 is 5.91 Å². The lowest BCUT2D eigenvalue weighted by molar-refractivity contribution is -0.241. The third-order valence-electron chi connectivity index (χ3n) is 4.31. The molecule has 2 fully saturated rings. The third kappa shape index (κ3) is 2.87. The maximum absolute atomic E-state index is 12.2. The average molecular weight is 313 g/mol. The molecule has 23 heavy (non-hydrogen) atoms. The highest BCUT2D eigenvalue weighted by molar-refractivity contribution is 5.78. The molecule has 2 aromatic rings. The summed E-state index contributed by atoms with van der Waals surface area (Å²) in [6.07, 6.45) is 0.453. The van der Waals surface area contributed by atoms with E-state index in [1.54, 1.807) is 0 Å². The minimum Gasteiger partial charge on any atom is -0.361 e. The van der Waals surface area contributed by atoms with Crippen LogP contribution in [0.25, 0.3) is 0 Å². The summed E-state index contributed by atoms with van der Waals surface area (Å²) in [6, 6.07) is 11.8. The molecule has 6 heteroatoms. The molecule has 6 nitrogen and oxygen atoms in total. The Balaban J connectivity index is 1.34. The zero-order chi connectivity index (χ0) is 15.9. The summed E-state index contributed by atoms with van der Waals surface area (Å²) in [5.74, 6) is 0.877. The normalized spacial score (nSPS) is 20.2. The van der Waals surface area contributed by atoms with Crippen molar-refractivity contribution in [3.63, 3.8) is 0 Å². The molecule has 1 aromatic carbocycles. The van der Waals surface area contributed by atoms with Gasteiger partial charge >= 0.3 is 0 Å². The number of carbonyl (C=O) groups excluding carboxylic acids is 1. The molecule has 0 saturated carbocycles. The Morgan fingerprint density at radius 1 is 1.22 bits per heavy atom. The largest absolute Gasteiger partial charge is 0.361 e. The van der Waals surface area contributed by atoms with Crippen molar-refractivity contribution in [3.8, 4) is 0 Å². The summed E-state index contributed by atoms with van der Waals surface area (Å²) in [4.78, 5) is 20.4. The van der Waals surface area contributed by atoms with Crippen LogP contribution in [0.1, 0.15) is 23.4 Å². The molecule has 0 unspecified atom stereocenters. The van der Waals surface area contributed by atoms with E-state index in [9.17, 15) is 4.79 Å². The van der Waals surface area contributed by atoms with Crippen LogP contribution in [-0.4, -0.2) is 39.7 Å². The second kappa shape index (κ2) is 5.47. The molecule has 1 spiro atoms. The molecular formula is C17H19N3O3. The maximum Gasteiger partial charge on any atom is 0.249 e. The first-order valence-corrected chi connectivity index (χ1v) is 7.80. The summed E-state index contributed by atoms with van der Waals surface area (Å²) < 4.78 is 5.08. The smallest absolute Gasteiger partial charge is 0.249 e. The van der Waals surface area contributed by atoms with Crippen molar-refractivity contribution in [2.24, 2.45) is 0 Å². The Labute approximate surface area is 134 Å². The summed E-state index contributed by atoms with van der Waals surface area (Å²) >= 11 is 0. The second-order valence-electron chi connectivity index (χ2n) is 6.44. The molecule has 1 aromatic heterocycles. The first-order chi connectivity index (χ1) is 11.1. The first-order valence-electron chi connectivity index (χ1n) is 7.80. The van der Waals surface area contributed by atoms with Crippen LogP contribution in [0.4, 0.5) is 0 Å². The fraction of sp³-hybridized carbons (Fsp3) is 0.412. The fourth-order valence-electron chi connectivity index (χ4n) is 3.32. The molecule has 0 radical (unpaired) electrons. The van der Waals surface area contributed by atoms with Gasteiger partial charge in [0.2, 0.25) is 5.91 Å². The lowest BCUT2D eigenvalue weighted by Crippen LogP contribution is -2.61. The van der Waals surface area contributed by atoms with Crippen molar-refractivity contribution in [1.29, 1.82) is 0 Å². The van der Waals surface area contributed by atoms with Gasteiger partial charge in [-0.1, -0.05) is 35.5 Å². The van der Waals surface area contributed by atoms with Crippen LogP contribution in [0, 0.1) is 6.92 Å². The van der Waals surface area contributed by atoms with Crippen molar-refractivity contribution in [3.05, 3.63) is 53.4 Å². The van der Waals surface area contributed by atoms with E-state index < -0.39 is 0 Å². The van der Waals surface area contributed by atoms with Crippen LogP contribution in [0.5, 0.6) is 0 Å². The van der Waals surface area contributed by atoms with Gasteiger partial charge < -0.3 is 4.52 Å². The van der Waals surface area contributed by atoms with Crippen molar-refractivity contribution in [1.82, 2.24) is 15.1 Å². The molecule has 4 rings (SSSR count). The molecule has 0 aliphatic carbocycles. The summed E-state index contributed by atoms with van der Waals surface area (Å²) in [5.41, 5.74) is 1.64. The number of likely N-dealkylation sites (tertiary alicyclic amines) is 1. The number of rotatable bonds is 4. The molecule has 2 aliphatic heterocycles. The van der Waals surface area contributed by atoms with E-state index in [1.807, 2.05) is 43.3 Å². The predicted molar refractivity (Wildman–Crippen MR) is 81.9 cm³/mol. The van der Waals surface area contributed by atoms with Gasteiger partial charge in [0.15, 0.2) is 0 Å². The molecule has 2 aliphatic rings. The zero-order valence-corrected chi connectivity index (χ0v) is 13.1. The highest BCUT2D eigenvalue weighted by atomic mass is 16.7. The Bertz CT molecular complexity index is 707. The topological polar surface area (TPSA) is 58.8 Å². The molecule has 2 saturated heterocycles. The minimum atomic E-state index is -0.357. The van der Waals surface area contributed by atoms with Crippen molar-refractivity contribution < 1.29 is 14.2 Å². The van der Waals surface area contributed by atoms with Gasteiger partial charge in [0.05, 0.1) is 18.7 Å². The van der Waals surface area contributed by atoms with E-state index in [0.717, 1.165) is 36.7 Å². The quantitative estimate of drug-likeness (QED) is 0.863. The first kappa shape index (κ1) is 14.4. The lowest BCUT2D eigenvalue weighted by Gasteiger charge is -2.45. The van der Waals surface area contributed by atoms with E-state index in [-0.39, 0.29) is 11.5 Å². The zero-order valence-electron chi connectivity index (χ0n) is 13.1. The minimum absolute atomic E-state index is 0.0609. The molecule has 0 atom stereocenters. The van der Waals surface area contributed by atoms with Gasteiger partial charge in [-0.2, -0.15) is 0 Å². The van der Waals surface area contributed by atoms with Crippen LogP contribution >= 0.6 is 0 Å². The number of benzene rings is 1. The Kier molecular flexibility index (Phi) is 3.43. The summed E-state index contributed by atoms with van der Waals surface area (Å²) in [6.45, 7) is 4.61. The molecule has 3 heterocycles. The number of aromatic nitrogens is 1. The molecule has 0 N–H and O–H groups in total. The number of hydrogen-bond donors (Lipinski definition) is 0. The van der Waals surface area contributed by atoms with Crippen LogP contribution in [0.3, 0.4) is 0 Å². The number of carbonyl (C=O) groups is 1. The number of aryl methyl sites for hydroxylation is 1. The highest BCUT2D eigenvalue weighted by Gasteiger charge is 2.53. The Hall–Kier alpha value is -2.18. The lowest BCUT2D eigenvalue weighted by atomic mass is 9.91. The number of nitrogens with zero attached hydrogens (tertiary/aromatic N) is 3. The van der Waals surface area contributed by atoms with Gasteiger partial charge in [0.1, 0.15) is 11.4 Å². The van der Waals surface area contributed by atoms with Crippen LogP contribution < -0.4 is 0 Å². The SMILES string of the molecule is Cc1cc(CN2CC3(CC(=O)N(Cc4ccccc4)O3)C2)no1. The monoisotopic (exact) mass is 313 g/mol. The predicted octanol–water partition coefficient (Wildman–Crippen LogP) is 1.90. The van der Waals surface area contributed by atoms with Gasteiger partial charge in [0, 0.05) is 25.7 Å². The van der Waals surface area contributed by atoms with Crippen molar-refractivity contribution in [2.45, 2.75) is 32.0 Å². The van der Waals surface area contributed by atoms with E-state index >= 15 is 0 Å². The number of hydrogen-bond acceptors (Lipinski definition) is 5. The Morgan fingerprint density at radius 2 is 2.00 bits per heavy atom. The molecule has 1 amide bonds. The molecule has 120 valence electrons. The molecular weight excluding hydrogens is 294 g/mol.